The standard InChI is InChI=1S/C33H29N3O3/c1-36(33(39)35-29-19-18-24-8-5-6-9-26(24)21-29)30-13-7-10-27(22-30)25-16-14-23(15-17-25)20-31(32(37)38)34-28-11-3-2-4-12-28/h2-19,21-22,31,34H,20H2,1H3,(H,35,39)(H,37,38)/t31-/m0/s1. The molecule has 0 saturated carbocycles. The Morgan fingerprint density at radius 2 is 1.44 bits per heavy atom. The quantitative estimate of drug-likeness (QED) is 0.203. The molecule has 0 radical (unpaired) electrons. The maximum absolute atomic E-state index is 13.0. The molecule has 0 spiro atoms. The number of hydrogen-bond donors (Lipinski definition) is 3. The van der Waals surface area contributed by atoms with Crippen molar-refractivity contribution >= 4 is 39.8 Å². The van der Waals surface area contributed by atoms with Crippen LogP contribution in [0.1, 0.15) is 5.56 Å². The van der Waals surface area contributed by atoms with Crippen LogP contribution in [0, 0.1) is 0 Å². The van der Waals surface area contributed by atoms with E-state index >= 15 is 0 Å². The van der Waals surface area contributed by atoms with Gasteiger partial charge in [0, 0.05) is 30.5 Å². The van der Waals surface area contributed by atoms with Crippen LogP contribution < -0.4 is 15.5 Å². The first-order valence-electron chi connectivity index (χ1n) is 12.7. The van der Waals surface area contributed by atoms with Gasteiger partial charge in [0.25, 0.3) is 0 Å². The van der Waals surface area contributed by atoms with Gasteiger partial charge in [0.2, 0.25) is 0 Å². The molecule has 0 fully saturated rings. The van der Waals surface area contributed by atoms with Crippen LogP contribution in [-0.2, 0) is 11.2 Å². The van der Waals surface area contributed by atoms with E-state index in [0.29, 0.717) is 6.42 Å². The molecule has 5 aromatic rings. The lowest BCUT2D eigenvalue weighted by Crippen LogP contribution is -2.31. The van der Waals surface area contributed by atoms with Gasteiger partial charge in [-0.05, 0) is 63.9 Å². The van der Waals surface area contributed by atoms with Crippen LogP contribution in [0.3, 0.4) is 0 Å². The lowest BCUT2D eigenvalue weighted by molar-refractivity contribution is -0.137. The molecule has 5 rings (SSSR count). The predicted molar refractivity (Wildman–Crippen MR) is 158 cm³/mol. The molecule has 0 aromatic heterocycles. The molecule has 2 amide bonds. The number of urea groups is 1. The number of para-hydroxylation sites is 1. The summed E-state index contributed by atoms with van der Waals surface area (Å²) in [6.07, 6.45) is 0.349. The Morgan fingerprint density at radius 1 is 0.718 bits per heavy atom. The zero-order valence-electron chi connectivity index (χ0n) is 21.5. The van der Waals surface area contributed by atoms with Crippen molar-refractivity contribution in [1.82, 2.24) is 0 Å². The number of nitrogens with zero attached hydrogens (tertiary/aromatic N) is 1. The fraction of sp³-hybridized carbons (Fsp3) is 0.0909. The highest BCUT2D eigenvalue weighted by atomic mass is 16.4. The second kappa shape index (κ2) is 11.5. The summed E-state index contributed by atoms with van der Waals surface area (Å²) in [5.74, 6) is -0.902. The first-order valence-corrected chi connectivity index (χ1v) is 12.7. The Bertz CT molecular complexity index is 1600. The van der Waals surface area contributed by atoms with E-state index in [1.54, 1.807) is 11.9 Å². The van der Waals surface area contributed by atoms with E-state index < -0.39 is 12.0 Å². The molecule has 0 saturated heterocycles. The van der Waals surface area contributed by atoms with Gasteiger partial charge in [-0.15, -0.1) is 0 Å². The Kier molecular flexibility index (Phi) is 7.55. The van der Waals surface area contributed by atoms with Gasteiger partial charge < -0.3 is 15.7 Å². The van der Waals surface area contributed by atoms with Gasteiger partial charge in [-0.2, -0.15) is 0 Å². The molecule has 0 aliphatic rings. The van der Waals surface area contributed by atoms with Crippen molar-refractivity contribution in [2.45, 2.75) is 12.5 Å². The van der Waals surface area contributed by atoms with Gasteiger partial charge in [-0.25, -0.2) is 9.59 Å². The van der Waals surface area contributed by atoms with Gasteiger partial charge in [0.1, 0.15) is 6.04 Å². The third-order valence-corrected chi connectivity index (χ3v) is 6.68. The number of anilines is 3. The normalized spacial score (nSPS) is 11.5. The molecule has 6 nitrogen and oxygen atoms in total. The molecule has 0 heterocycles. The largest absolute Gasteiger partial charge is 0.480 e. The number of carboxylic acids is 1. The Balaban J connectivity index is 1.26. The van der Waals surface area contributed by atoms with Crippen LogP contribution in [0.5, 0.6) is 0 Å². The second-order valence-electron chi connectivity index (χ2n) is 9.40. The average Bonchev–Trinajstić information content (AvgIpc) is 2.97. The van der Waals surface area contributed by atoms with Crippen LogP contribution in [0.2, 0.25) is 0 Å². The molecule has 194 valence electrons. The number of carbonyl (C=O) groups is 2. The van der Waals surface area contributed by atoms with Gasteiger partial charge in [-0.3, -0.25) is 4.90 Å². The van der Waals surface area contributed by atoms with Crippen LogP contribution >= 0.6 is 0 Å². The monoisotopic (exact) mass is 515 g/mol. The summed E-state index contributed by atoms with van der Waals surface area (Å²) in [7, 11) is 1.74. The molecule has 0 unspecified atom stereocenters. The first kappa shape index (κ1) is 25.5. The van der Waals surface area contributed by atoms with Crippen molar-refractivity contribution in [3.8, 4) is 11.1 Å². The number of carbonyl (C=O) groups excluding carboxylic acids is 1. The summed E-state index contributed by atoms with van der Waals surface area (Å²) >= 11 is 0. The van der Waals surface area contributed by atoms with Gasteiger partial charge in [-0.1, -0.05) is 84.9 Å². The molecule has 5 aromatic carbocycles. The number of carboxylic acid groups (broad SMARTS) is 1. The van der Waals surface area contributed by atoms with Crippen molar-refractivity contribution < 1.29 is 14.7 Å². The number of amides is 2. The molecule has 3 N–H and O–H groups in total. The summed E-state index contributed by atoms with van der Waals surface area (Å²) < 4.78 is 0. The van der Waals surface area contributed by atoms with Crippen LogP contribution in [-0.4, -0.2) is 30.2 Å². The second-order valence-corrected chi connectivity index (χ2v) is 9.40. The number of fused-ring (bicyclic) bond motifs is 1. The first-order chi connectivity index (χ1) is 19.0. The minimum Gasteiger partial charge on any atom is -0.480 e. The fourth-order valence-electron chi connectivity index (χ4n) is 4.49. The SMILES string of the molecule is CN(C(=O)Nc1ccc2ccccc2c1)c1cccc(-c2ccc(C[C@H](Nc3ccccc3)C(=O)O)cc2)c1. The van der Waals surface area contributed by atoms with Crippen LogP contribution in [0.25, 0.3) is 21.9 Å². The minimum absolute atomic E-state index is 0.233. The predicted octanol–water partition coefficient (Wildman–Crippen LogP) is 7.28. The van der Waals surface area contributed by atoms with E-state index in [9.17, 15) is 14.7 Å². The van der Waals surface area contributed by atoms with Crippen molar-refractivity contribution in [2.75, 3.05) is 22.6 Å². The summed E-state index contributed by atoms with van der Waals surface area (Å²) in [6, 6.07) is 37.9. The fourth-order valence-corrected chi connectivity index (χ4v) is 4.49. The zero-order valence-corrected chi connectivity index (χ0v) is 21.5. The number of hydrogen-bond acceptors (Lipinski definition) is 3. The lowest BCUT2D eigenvalue weighted by Gasteiger charge is -2.19. The van der Waals surface area contributed by atoms with Crippen LogP contribution in [0.4, 0.5) is 21.9 Å². The smallest absolute Gasteiger partial charge is 0.326 e. The topological polar surface area (TPSA) is 81.7 Å². The molecule has 39 heavy (non-hydrogen) atoms. The minimum atomic E-state index is -0.902. The number of rotatable bonds is 8. The molecule has 6 heteroatoms. The van der Waals surface area contributed by atoms with E-state index in [1.807, 2.05) is 121 Å². The molecular formula is C33H29N3O3. The van der Waals surface area contributed by atoms with Gasteiger partial charge in [0.05, 0.1) is 0 Å². The van der Waals surface area contributed by atoms with E-state index in [2.05, 4.69) is 10.6 Å². The van der Waals surface area contributed by atoms with Crippen molar-refractivity contribution in [3.63, 3.8) is 0 Å². The Labute approximate surface area is 227 Å². The average molecular weight is 516 g/mol. The third kappa shape index (κ3) is 6.25. The molecular weight excluding hydrogens is 486 g/mol. The van der Waals surface area contributed by atoms with Crippen molar-refractivity contribution in [3.05, 3.63) is 127 Å². The number of aliphatic carboxylic acids is 1. The van der Waals surface area contributed by atoms with E-state index in [-0.39, 0.29) is 6.03 Å². The maximum Gasteiger partial charge on any atom is 0.326 e. The summed E-state index contributed by atoms with van der Waals surface area (Å²) in [5.41, 5.74) is 5.12. The zero-order chi connectivity index (χ0) is 27.2. The highest BCUT2D eigenvalue weighted by Crippen LogP contribution is 2.26. The molecule has 0 aliphatic carbocycles. The van der Waals surface area contributed by atoms with Crippen molar-refractivity contribution in [2.24, 2.45) is 0 Å². The van der Waals surface area contributed by atoms with Gasteiger partial charge in [0.15, 0.2) is 0 Å². The highest BCUT2D eigenvalue weighted by molar-refractivity contribution is 6.02. The Hall–Kier alpha value is -5.10. The summed E-state index contributed by atoms with van der Waals surface area (Å²) in [4.78, 5) is 26.4. The maximum atomic E-state index is 13.0. The summed E-state index contributed by atoms with van der Waals surface area (Å²) in [6.45, 7) is 0. The van der Waals surface area contributed by atoms with Gasteiger partial charge >= 0.3 is 12.0 Å². The van der Waals surface area contributed by atoms with E-state index in [1.165, 1.54) is 0 Å². The van der Waals surface area contributed by atoms with Crippen molar-refractivity contribution in [1.29, 1.82) is 0 Å². The third-order valence-electron chi connectivity index (χ3n) is 6.68. The number of benzene rings is 5. The molecule has 0 aliphatic heterocycles. The highest BCUT2D eigenvalue weighted by Gasteiger charge is 2.18. The number of nitrogens with one attached hydrogen (secondary N) is 2. The Morgan fingerprint density at radius 3 is 2.18 bits per heavy atom. The summed E-state index contributed by atoms with van der Waals surface area (Å²) in [5, 5.41) is 17.9. The lowest BCUT2D eigenvalue weighted by atomic mass is 10.00. The van der Waals surface area contributed by atoms with Crippen LogP contribution in [0.15, 0.2) is 121 Å². The van der Waals surface area contributed by atoms with E-state index in [0.717, 1.165) is 44.5 Å². The molecule has 0 bridgehead atoms. The molecule has 1 atom stereocenters. The van der Waals surface area contributed by atoms with E-state index in [4.69, 9.17) is 0 Å².